The van der Waals surface area contributed by atoms with Crippen molar-refractivity contribution in [3.8, 4) is 23.1 Å². The Bertz CT molecular complexity index is 654. The molecule has 0 unspecified atom stereocenters. The number of aromatic nitrogens is 2. The van der Waals surface area contributed by atoms with E-state index in [1.54, 1.807) is 18.2 Å². The van der Waals surface area contributed by atoms with Gasteiger partial charge in [-0.2, -0.15) is 4.98 Å². The Balaban J connectivity index is 2.53. The molecule has 2 rings (SSSR count). The molecule has 0 saturated carbocycles. The Morgan fingerprint density at radius 3 is 2.33 bits per heavy atom. The average molecular weight is 292 g/mol. The van der Waals surface area contributed by atoms with Crippen LogP contribution in [0.2, 0.25) is 0 Å². The molecule has 1 heterocycles. The molecule has 0 aliphatic heterocycles. The number of anilines is 1. The number of nitrogens with zero attached hydrogens (tertiary/aromatic N) is 3. The lowest BCUT2D eigenvalue weighted by Crippen LogP contribution is -2.03. The quantitative estimate of drug-likeness (QED) is 0.653. The molecule has 9 nitrogen and oxygen atoms in total. The van der Waals surface area contributed by atoms with E-state index < -0.39 is 10.6 Å². The van der Waals surface area contributed by atoms with Crippen molar-refractivity contribution in [2.24, 2.45) is 0 Å². The number of nitrogens with two attached hydrogens (primary N) is 1. The predicted molar refractivity (Wildman–Crippen MR) is 72.7 cm³/mol. The standard InChI is InChI=1S/C12H12N4O5/c1-19-7-4-3-5-8(20-2)10(7)21-12-9(16(17)18)11(13)14-6-15-12/h3-6H,1-2H3,(H2,13,14,15). The molecule has 0 radical (unpaired) electrons. The van der Waals surface area contributed by atoms with Gasteiger partial charge in [0.1, 0.15) is 6.33 Å². The van der Waals surface area contributed by atoms with Crippen LogP contribution in [-0.4, -0.2) is 29.1 Å². The van der Waals surface area contributed by atoms with Crippen LogP contribution in [0.4, 0.5) is 11.5 Å². The summed E-state index contributed by atoms with van der Waals surface area (Å²) in [6, 6.07) is 4.93. The fraction of sp³-hybridized carbons (Fsp3) is 0.167. The molecule has 0 aliphatic rings. The maximum absolute atomic E-state index is 11.0. The summed E-state index contributed by atoms with van der Waals surface area (Å²) in [4.78, 5) is 17.6. The molecule has 0 spiro atoms. The minimum absolute atomic E-state index is 0.156. The Labute approximate surface area is 119 Å². The van der Waals surface area contributed by atoms with Crippen molar-refractivity contribution in [3.05, 3.63) is 34.6 Å². The number of para-hydroxylation sites is 1. The van der Waals surface area contributed by atoms with E-state index in [1.165, 1.54) is 14.2 Å². The minimum atomic E-state index is -0.716. The second-order valence-electron chi connectivity index (χ2n) is 3.76. The number of benzene rings is 1. The van der Waals surface area contributed by atoms with Crippen molar-refractivity contribution in [2.75, 3.05) is 20.0 Å². The van der Waals surface area contributed by atoms with Crippen molar-refractivity contribution in [1.29, 1.82) is 0 Å². The van der Waals surface area contributed by atoms with E-state index in [0.717, 1.165) is 6.33 Å². The number of nitrogen functional groups attached to an aromatic ring is 1. The van der Waals surface area contributed by atoms with Gasteiger partial charge in [-0.1, -0.05) is 6.07 Å². The highest BCUT2D eigenvalue weighted by Gasteiger charge is 2.25. The van der Waals surface area contributed by atoms with Gasteiger partial charge in [0.15, 0.2) is 11.5 Å². The van der Waals surface area contributed by atoms with Crippen LogP contribution in [0.5, 0.6) is 23.1 Å². The van der Waals surface area contributed by atoms with E-state index in [1.807, 2.05) is 0 Å². The number of nitro groups is 1. The maximum Gasteiger partial charge on any atom is 0.372 e. The Kier molecular flexibility index (Phi) is 4.02. The van der Waals surface area contributed by atoms with Crippen molar-refractivity contribution in [1.82, 2.24) is 9.97 Å². The van der Waals surface area contributed by atoms with Crippen LogP contribution in [0, 0.1) is 10.1 Å². The maximum atomic E-state index is 11.0. The van der Waals surface area contributed by atoms with Gasteiger partial charge in [-0.3, -0.25) is 10.1 Å². The lowest BCUT2D eigenvalue weighted by Gasteiger charge is -2.13. The first-order valence-corrected chi connectivity index (χ1v) is 5.72. The highest BCUT2D eigenvalue weighted by molar-refractivity contribution is 5.61. The van der Waals surface area contributed by atoms with Crippen LogP contribution < -0.4 is 19.9 Å². The van der Waals surface area contributed by atoms with Crippen LogP contribution >= 0.6 is 0 Å². The van der Waals surface area contributed by atoms with E-state index in [9.17, 15) is 10.1 Å². The number of hydrogen-bond acceptors (Lipinski definition) is 8. The molecule has 1 aromatic carbocycles. The zero-order valence-electron chi connectivity index (χ0n) is 11.3. The van der Waals surface area contributed by atoms with E-state index in [2.05, 4.69) is 9.97 Å². The summed E-state index contributed by atoms with van der Waals surface area (Å²) < 4.78 is 15.8. The van der Waals surface area contributed by atoms with E-state index in [0.29, 0.717) is 11.5 Å². The second kappa shape index (κ2) is 5.90. The van der Waals surface area contributed by atoms with Crippen molar-refractivity contribution in [3.63, 3.8) is 0 Å². The van der Waals surface area contributed by atoms with Crippen LogP contribution in [0.15, 0.2) is 24.5 Å². The molecule has 0 amide bonds. The molecule has 21 heavy (non-hydrogen) atoms. The molecule has 9 heteroatoms. The normalized spacial score (nSPS) is 10.0. The van der Waals surface area contributed by atoms with E-state index >= 15 is 0 Å². The predicted octanol–water partition coefficient (Wildman–Crippen LogP) is 1.78. The van der Waals surface area contributed by atoms with Crippen LogP contribution in [0.1, 0.15) is 0 Å². The SMILES string of the molecule is COc1cccc(OC)c1Oc1ncnc(N)c1[N+](=O)[O-]. The van der Waals surface area contributed by atoms with Gasteiger partial charge in [-0.15, -0.1) is 0 Å². The monoisotopic (exact) mass is 292 g/mol. The molecule has 0 aliphatic carbocycles. The molecular formula is C12H12N4O5. The van der Waals surface area contributed by atoms with Crippen LogP contribution in [0.25, 0.3) is 0 Å². The summed E-state index contributed by atoms with van der Waals surface area (Å²) >= 11 is 0. The number of hydrogen-bond donors (Lipinski definition) is 1. The zero-order chi connectivity index (χ0) is 15.4. The van der Waals surface area contributed by atoms with Gasteiger partial charge in [-0.25, -0.2) is 4.98 Å². The van der Waals surface area contributed by atoms with Crippen molar-refractivity contribution < 1.29 is 19.1 Å². The van der Waals surface area contributed by atoms with Crippen molar-refractivity contribution in [2.45, 2.75) is 0 Å². The first kappa shape index (κ1) is 14.3. The molecule has 0 atom stereocenters. The smallest absolute Gasteiger partial charge is 0.372 e. The lowest BCUT2D eigenvalue weighted by molar-refractivity contribution is -0.385. The fourth-order valence-electron chi connectivity index (χ4n) is 1.64. The largest absolute Gasteiger partial charge is 0.493 e. The molecule has 0 fully saturated rings. The first-order valence-electron chi connectivity index (χ1n) is 5.72. The summed E-state index contributed by atoms with van der Waals surface area (Å²) in [7, 11) is 2.87. The van der Waals surface area contributed by atoms with Crippen LogP contribution in [-0.2, 0) is 0 Å². The van der Waals surface area contributed by atoms with Gasteiger partial charge >= 0.3 is 11.6 Å². The van der Waals surface area contributed by atoms with Gasteiger partial charge in [0.05, 0.1) is 19.1 Å². The summed E-state index contributed by atoms with van der Waals surface area (Å²) in [5, 5.41) is 11.0. The van der Waals surface area contributed by atoms with Gasteiger partial charge in [0, 0.05) is 0 Å². The van der Waals surface area contributed by atoms with Crippen LogP contribution in [0.3, 0.4) is 0 Å². The number of ether oxygens (including phenoxy) is 3. The van der Waals surface area contributed by atoms with E-state index in [-0.39, 0.29) is 17.4 Å². The molecule has 2 N–H and O–H groups in total. The molecule has 0 bridgehead atoms. The number of methoxy groups -OCH3 is 2. The third-order valence-corrected chi connectivity index (χ3v) is 2.58. The van der Waals surface area contributed by atoms with Gasteiger partial charge < -0.3 is 19.9 Å². The molecule has 110 valence electrons. The van der Waals surface area contributed by atoms with Gasteiger partial charge in [0.25, 0.3) is 0 Å². The topological polar surface area (TPSA) is 123 Å². The molecule has 1 aromatic heterocycles. The Morgan fingerprint density at radius 1 is 1.19 bits per heavy atom. The van der Waals surface area contributed by atoms with Crippen molar-refractivity contribution >= 4 is 11.5 Å². The summed E-state index contributed by atoms with van der Waals surface area (Å²) in [5.41, 5.74) is 4.96. The highest BCUT2D eigenvalue weighted by Crippen LogP contribution is 2.42. The zero-order valence-corrected chi connectivity index (χ0v) is 11.3. The van der Waals surface area contributed by atoms with Gasteiger partial charge in [-0.05, 0) is 12.1 Å². The molecule has 0 saturated heterocycles. The lowest BCUT2D eigenvalue weighted by atomic mass is 10.3. The fourth-order valence-corrected chi connectivity index (χ4v) is 1.64. The highest BCUT2D eigenvalue weighted by atomic mass is 16.6. The Hall–Kier alpha value is -3.10. The van der Waals surface area contributed by atoms with E-state index in [4.69, 9.17) is 19.9 Å². The first-order chi connectivity index (χ1) is 10.1. The number of rotatable bonds is 5. The summed E-state index contributed by atoms with van der Waals surface area (Å²) in [6.45, 7) is 0. The minimum Gasteiger partial charge on any atom is -0.493 e. The average Bonchev–Trinajstić information content (AvgIpc) is 2.47. The third-order valence-electron chi connectivity index (χ3n) is 2.58. The summed E-state index contributed by atoms with van der Waals surface area (Å²) in [6.07, 6.45) is 1.07. The molecule has 2 aromatic rings. The molecular weight excluding hydrogens is 280 g/mol. The third kappa shape index (κ3) is 2.76. The Morgan fingerprint density at radius 2 is 1.81 bits per heavy atom. The summed E-state index contributed by atoms with van der Waals surface area (Å²) in [5.74, 6) is 0.236. The second-order valence-corrected chi connectivity index (χ2v) is 3.76. The van der Waals surface area contributed by atoms with Gasteiger partial charge in [0.2, 0.25) is 11.6 Å².